The van der Waals surface area contributed by atoms with Crippen LogP contribution < -0.4 is 14.8 Å². The summed E-state index contributed by atoms with van der Waals surface area (Å²) in [7, 11) is 3.30. The number of benzene rings is 2. The van der Waals surface area contributed by atoms with E-state index in [-0.39, 0.29) is 5.69 Å². The minimum Gasteiger partial charge on any atom is -0.493 e. The Morgan fingerprint density at radius 2 is 1.90 bits per heavy atom. The average molecular weight is 288 g/mol. The molecule has 0 radical (unpaired) electrons. The second-order valence-corrected chi connectivity index (χ2v) is 4.33. The van der Waals surface area contributed by atoms with Gasteiger partial charge in [-0.15, -0.1) is 0 Å². The lowest BCUT2D eigenvalue weighted by Gasteiger charge is -2.13. The van der Waals surface area contributed by atoms with Crippen molar-refractivity contribution in [2.24, 2.45) is 0 Å². The summed E-state index contributed by atoms with van der Waals surface area (Å²) in [5, 5.41) is 13.8. The molecule has 0 saturated carbocycles. The number of nitrogens with one attached hydrogen (secondary N) is 1. The number of ether oxygens (including phenoxy) is 2. The Hall–Kier alpha value is -2.60. The van der Waals surface area contributed by atoms with Crippen LogP contribution in [0.4, 0.5) is 5.69 Å². The van der Waals surface area contributed by atoms with Crippen molar-refractivity contribution in [2.45, 2.75) is 6.54 Å². The zero-order valence-corrected chi connectivity index (χ0v) is 11.8. The number of nitro benzene ring substituents is 1. The highest BCUT2D eigenvalue weighted by molar-refractivity contribution is 5.51. The van der Waals surface area contributed by atoms with Crippen molar-refractivity contribution in [2.75, 3.05) is 14.2 Å². The molecule has 0 fully saturated rings. The SMILES string of the molecule is CNCc1ccccc1Oc1ccc([N+](=O)[O-])cc1OC. The number of nitro groups is 1. The molecule has 0 heterocycles. The third kappa shape index (κ3) is 3.49. The molecule has 2 rings (SSSR count). The van der Waals surface area contributed by atoms with Crippen molar-refractivity contribution in [1.82, 2.24) is 5.32 Å². The van der Waals surface area contributed by atoms with E-state index in [0.29, 0.717) is 23.8 Å². The first-order chi connectivity index (χ1) is 10.2. The molecule has 0 aromatic heterocycles. The minimum absolute atomic E-state index is 0.0392. The van der Waals surface area contributed by atoms with E-state index in [4.69, 9.17) is 9.47 Å². The maximum atomic E-state index is 10.8. The topological polar surface area (TPSA) is 73.6 Å². The third-order valence-electron chi connectivity index (χ3n) is 2.92. The molecule has 0 aliphatic carbocycles. The summed E-state index contributed by atoms with van der Waals surface area (Å²) in [6.45, 7) is 0.658. The molecular weight excluding hydrogens is 272 g/mol. The second-order valence-electron chi connectivity index (χ2n) is 4.33. The Balaban J connectivity index is 2.33. The van der Waals surface area contributed by atoms with E-state index in [1.807, 2.05) is 31.3 Å². The molecule has 0 unspecified atom stereocenters. The van der Waals surface area contributed by atoms with Gasteiger partial charge < -0.3 is 14.8 Å². The summed E-state index contributed by atoms with van der Waals surface area (Å²) >= 11 is 0. The number of para-hydroxylation sites is 1. The van der Waals surface area contributed by atoms with Crippen LogP contribution in [0.3, 0.4) is 0 Å². The van der Waals surface area contributed by atoms with E-state index in [1.165, 1.54) is 25.3 Å². The number of hydrogen-bond donors (Lipinski definition) is 1. The molecule has 6 nitrogen and oxygen atoms in total. The Labute approximate surface area is 122 Å². The fraction of sp³-hybridized carbons (Fsp3) is 0.200. The molecule has 2 aromatic rings. The first-order valence-corrected chi connectivity index (χ1v) is 6.38. The molecular formula is C15H16N2O4. The Kier molecular flexibility index (Phi) is 4.73. The number of methoxy groups -OCH3 is 1. The summed E-state index contributed by atoms with van der Waals surface area (Å²) < 4.78 is 11.0. The monoisotopic (exact) mass is 288 g/mol. The van der Waals surface area contributed by atoms with Crippen LogP contribution in [0.1, 0.15) is 5.56 Å². The summed E-state index contributed by atoms with van der Waals surface area (Å²) in [6, 6.07) is 11.8. The van der Waals surface area contributed by atoms with Gasteiger partial charge in [0.05, 0.1) is 18.1 Å². The van der Waals surface area contributed by atoms with Crippen molar-refractivity contribution in [3.63, 3.8) is 0 Å². The van der Waals surface area contributed by atoms with Gasteiger partial charge in [0.1, 0.15) is 5.75 Å². The molecule has 6 heteroatoms. The molecule has 0 aliphatic heterocycles. The maximum Gasteiger partial charge on any atom is 0.273 e. The first-order valence-electron chi connectivity index (χ1n) is 6.38. The molecule has 0 spiro atoms. The molecule has 0 aliphatic rings. The van der Waals surface area contributed by atoms with Gasteiger partial charge in [0.2, 0.25) is 0 Å². The molecule has 0 atom stereocenters. The fourth-order valence-corrected chi connectivity index (χ4v) is 1.91. The van der Waals surface area contributed by atoms with Crippen molar-refractivity contribution < 1.29 is 14.4 Å². The van der Waals surface area contributed by atoms with Crippen LogP contribution in [0, 0.1) is 10.1 Å². The van der Waals surface area contributed by atoms with E-state index in [1.54, 1.807) is 0 Å². The fourth-order valence-electron chi connectivity index (χ4n) is 1.91. The Morgan fingerprint density at radius 1 is 1.14 bits per heavy atom. The first kappa shape index (κ1) is 14.8. The highest BCUT2D eigenvalue weighted by atomic mass is 16.6. The van der Waals surface area contributed by atoms with Crippen molar-refractivity contribution >= 4 is 5.69 Å². The lowest BCUT2D eigenvalue weighted by molar-refractivity contribution is -0.384. The lowest BCUT2D eigenvalue weighted by atomic mass is 10.2. The highest BCUT2D eigenvalue weighted by Crippen LogP contribution is 2.35. The number of hydrogen-bond acceptors (Lipinski definition) is 5. The van der Waals surface area contributed by atoms with Crippen LogP contribution in [0.2, 0.25) is 0 Å². The largest absolute Gasteiger partial charge is 0.493 e. The van der Waals surface area contributed by atoms with Gasteiger partial charge in [-0.2, -0.15) is 0 Å². The molecule has 1 N–H and O–H groups in total. The number of non-ortho nitro benzene ring substituents is 1. The highest BCUT2D eigenvalue weighted by Gasteiger charge is 2.14. The molecule has 0 amide bonds. The van der Waals surface area contributed by atoms with E-state index in [0.717, 1.165) is 5.56 Å². The normalized spacial score (nSPS) is 10.2. The summed E-state index contributed by atoms with van der Waals surface area (Å²) in [5.74, 6) is 1.44. The van der Waals surface area contributed by atoms with Crippen LogP contribution in [0.5, 0.6) is 17.2 Å². The van der Waals surface area contributed by atoms with Crippen LogP contribution in [-0.2, 0) is 6.54 Å². The van der Waals surface area contributed by atoms with Crippen molar-refractivity contribution in [1.29, 1.82) is 0 Å². The Morgan fingerprint density at radius 3 is 2.57 bits per heavy atom. The van der Waals surface area contributed by atoms with Gasteiger partial charge in [-0.3, -0.25) is 10.1 Å². The number of rotatable bonds is 6. The summed E-state index contributed by atoms with van der Waals surface area (Å²) in [4.78, 5) is 10.3. The van der Waals surface area contributed by atoms with Crippen LogP contribution in [-0.4, -0.2) is 19.1 Å². The standard InChI is InChI=1S/C15H16N2O4/c1-16-10-11-5-3-4-6-13(11)21-14-8-7-12(17(18)19)9-15(14)20-2/h3-9,16H,10H2,1-2H3. The van der Waals surface area contributed by atoms with Gasteiger partial charge in [-0.05, 0) is 19.2 Å². The zero-order valence-electron chi connectivity index (χ0n) is 11.8. The van der Waals surface area contributed by atoms with Gasteiger partial charge in [0.25, 0.3) is 5.69 Å². The average Bonchev–Trinajstić information content (AvgIpc) is 2.49. The van der Waals surface area contributed by atoms with Crippen molar-refractivity contribution in [3.05, 3.63) is 58.1 Å². The van der Waals surface area contributed by atoms with Gasteiger partial charge >= 0.3 is 0 Å². The van der Waals surface area contributed by atoms with Crippen LogP contribution >= 0.6 is 0 Å². The third-order valence-corrected chi connectivity index (χ3v) is 2.92. The van der Waals surface area contributed by atoms with E-state index >= 15 is 0 Å². The molecule has 0 bridgehead atoms. The summed E-state index contributed by atoms with van der Waals surface area (Å²) in [5.41, 5.74) is 0.947. The maximum absolute atomic E-state index is 10.8. The van der Waals surface area contributed by atoms with Gasteiger partial charge in [-0.1, -0.05) is 18.2 Å². The van der Waals surface area contributed by atoms with Crippen LogP contribution in [0.15, 0.2) is 42.5 Å². The molecule has 0 saturated heterocycles. The minimum atomic E-state index is -0.471. The lowest BCUT2D eigenvalue weighted by Crippen LogP contribution is -2.06. The molecule has 2 aromatic carbocycles. The quantitative estimate of drug-likeness (QED) is 0.653. The van der Waals surface area contributed by atoms with Crippen LogP contribution in [0.25, 0.3) is 0 Å². The predicted molar refractivity (Wildman–Crippen MR) is 78.9 cm³/mol. The van der Waals surface area contributed by atoms with E-state index in [2.05, 4.69) is 5.32 Å². The van der Waals surface area contributed by atoms with Gasteiger partial charge in [-0.25, -0.2) is 0 Å². The van der Waals surface area contributed by atoms with Gasteiger partial charge in [0.15, 0.2) is 11.5 Å². The smallest absolute Gasteiger partial charge is 0.273 e. The molecule has 21 heavy (non-hydrogen) atoms. The van der Waals surface area contributed by atoms with Gasteiger partial charge in [0, 0.05) is 18.2 Å². The van der Waals surface area contributed by atoms with E-state index in [9.17, 15) is 10.1 Å². The number of nitrogens with zero attached hydrogens (tertiary/aromatic N) is 1. The zero-order chi connectivity index (χ0) is 15.2. The Bertz CT molecular complexity index is 643. The molecule has 110 valence electrons. The summed E-state index contributed by atoms with van der Waals surface area (Å²) in [6.07, 6.45) is 0. The van der Waals surface area contributed by atoms with E-state index < -0.39 is 4.92 Å². The van der Waals surface area contributed by atoms with Crippen molar-refractivity contribution in [3.8, 4) is 17.2 Å². The second kappa shape index (κ2) is 6.71. The predicted octanol–water partition coefficient (Wildman–Crippen LogP) is 3.12.